The third-order valence-electron chi connectivity index (χ3n) is 2.48. The summed E-state index contributed by atoms with van der Waals surface area (Å²) in [4.78, 5) is 23.1. The highest BCUT2D eigenvalue weighted by atomic mass is 35.5. The van der Waals surface area contributed by atoms with E-state index in [-0.39, 0.29) is 16.5 Å². The first kappa shape index (κ1) is 16.5. The number of esters is 1. The lowest BCUT2D eigenvalue weighted by Gasteiger charge is -2.09. The number of hydrogen-bond acceptors (Lipinski definition) is 5. The first-order chi connectivity index (χ1) is 10.0. The Morgan fingerprint density at radius 2 is 2.19 bits per heavy atom. The van der Waals surface area contributed by atoms with E-state index in [2.05, 4.69) is 15.4 Å². The molecular weight excluding hydrogens is 294 g/mol. The number of nitrogens with one attached hydrogen (secondary N) is 2. The summed E-state index contributed by atoms with van der Waals surface area (Å²) in [6.07, 6.45) is 1.18. The standard InChI is InChI=1S/C14H14ClN3O3/c1-3-17-13(19)10-5-4-6-11(12(10)15)18-8-9(7-16)14(20)21-2/h4-6,8,18H,3H2,1-2H3,(H,17,19). The van der Waals surface area contributed by atoms with Crippen molar-refractivity contribution >= 4 is 29.2 Å². The molecule has 0 radical (unpaired) electrons. The summed E-state index contributed by atoms with van der Waals surface area (Å²) < 4.78 is 4.45. The average molecular weight is 308 g/mol. The molecule has 7 heteroatoms. The van der Waals surface area contributed by atoms with Crippen LogP contribution in [-0.2, 0) is 9.53 Å². The van der Waals surface area contributed by atoms with Crippen LogP contribution in [0, 0.1) is 11.3 Å². The summed E-state index contributed by atoms with van der Waals surface area (Å²) in [5.41, 5.74) is 0.488. The third kappa shape index (κ3) is 4.23. The highest BCUT2D eigenvalue weighted by Gasteiger charge is 2.13. The molecule has 0 saturated carbocycles. The zero-order valence-electron chi connectivity index (χ0n) is 11.6. The van der Waals surface area contributed by atoms with Gasteiger partial charge >= 0.3 is 5.97 Å². The number of benzene rings is 1. The summed E-state index contributed by atoms with van der Waals surface area (Å²) in [6.45, 7) is 2.28. The minimum Gasteiger partial charge on any atom is -0.465 e. The largest absolute Gasteiger partial charge is 0.465 e. The Balaban J connectivity index is 3.03. The molecular formula is C14H14ClN3O3. The van der Waals surface area contributed by atoms with Gasteiger partial charge in [0.2, 0.25) is 0 Å². The topological polar surface area (TPSA) is 91.2 Å². The number of ether oxygens (including phenoxy) is 1. The number of carbonyl (C=O) groups is 2. The van der Waals surface area contributed by atoms with Crippen molar-refractivity contribution in [3.05, 3.63) is 40.6 Å². The van der Waals surface area contributed by atoms with Crippen LogP contribution in [0.15, 0.2) is 30.0 Å². The average Bonchev–Trinajstić information content (AvgIpc) is 2.49. The molecule has 0 saturated heterocycles. The molecule has 0 fully saturated rings. The van der Waals surface area contributed by atoms with E-state index in [1.807, 2.05) is 0 Å². The Kier molecular flexibility index (Phi) is 6.24. The van der Waals surface area contributed by atoms with Crippen LogP contribution in [0.4, 0.5) is 5.69 Å². The predicted octanol–water partition coefficient (Wildman–Crippen LogP) is 2.08. The van der Waals surface area contributed by atoms with Gasteiger partial charge in [0.05, 0.1) is 23.4 Å². The van der Waals surface area contributed by atoms with Gasteiger partial charge in [-0.1, -0.05) is 17.7 Å². The van der Waals surface area contributed by atoms with Gasteiger partial charge < -0.3 is 15.4 Å². The monoisotopic (exact) mass is 307 g/mol. The molecule has 1 aromatic carbocycles. The van der Waals surface area contributed by atoms with Crippen molar-refractivity contribution < 1.29 is 14.3 Å². The van der Waals surface area contributed by atoms with Gasteiger partial charge in [0, 0.05) is 12.7 Å². The molecule has 1 rings (SSSR count). The zero-order valence-corrected chi connectivity index (χ0v) is 12.3. The van der Waals surface area contributed by atoms with Gasteiger partial charge in [0.1, 0.15) is 6.07 Å². The molecule has 21 heavy (non-hydrogen) atoms. The molecule has 0 aliphatic carbocycles. The molecule has 0 aliphatic rings. The Morgan fingerprint density at radius 3 is 2.76 bits per heavy atom. The molecule has 0 atom stereocenters. The van der Waals surface area contributed by atoms with Crippen molar-refractivity contribution in [1.82, 2.24) is 5.32 Å². The molecule has 110 valence electrons. The van der Waals surface area contributed by atoms with Crippen LogP contribution in [0.2, 0.25) is 5.02 Å². The molecule has 2 N–H and O–H groups in total. The number of methoxy groups -OCH3 is 1. The van der Waals surface area contributed by atoms with Gasteiger partial charge in [0.15, 0.2) is 5.57 Å². The third-order valence-corrected chi connectivity index (χ3v) is 2.89. The number of amides is 1. The van der Waals surface area contributed by atoms with Gasteiger partial charge in [-0.3, -0.25) is 4.79 Å². The van der Waals surface area contributed by atoms with Crippen LogP contribution in [0.1, 0.15) is 17.3 Å². The van der Waals surface area contributed by atoms with Gasteiger partial charge in [-0.05, 0) is 19.1 Å². The molecule has 0 bridgehead atoms. The van der Waals surface area contributed by atoms with E-state index in [1.165, 1.54) is 13.3 Å². The minimum absolute atomic E-state index is 0.196. The van der Waals surface area contributed by atoms with E-state index in [0.717, 1.165) is 0 Å². The van der Waals surface area contributed by atoms with Crippen LogP contribution < -0.4 is 10.6 Å². The number of carbonyl (C=O) groups excluding carboxylic acids is 2. The molecule has 1 aromatic rings. The summed E-state index contributed by atoms with van der Waals surface area (Å²) in [5, 5.41) is 14.4. The second-order valence-corrected chi connectivity index (χ2v) is 4.21. The van der Waals surface area contributed by atoms with Gasteiger partial charge in [-0.25, -0.2) is 4.79 Å². The number of halogens is 1. The maximum absolute atomic E-state index is 11.8. The van der Waals surface area contributed by atoms with Crippen LogP contribution in [0.5, 0.6) is 0 Å². The van der Waals surface area contributed by atoms with Crippen molar-refractivity contribution in [3.8, 4) is 6.07 Å². The van der Waals surface area contributed by atoms with Gasteiger partial charge in [0.25, 0.3) is 5.91 Å². The first-order valence-electron chi connectivity index (χ1n) is 6.07. The SMILES string of the molecule is CCNC(=O)c1cccc(NC=C(C#N)C(=O)OC)c1Cl. The fourth-order valence-electron chi connectivity index (χ4n) is 1.47. The Labute approximate surface area is 127 Å². The quantitative estimate of drug-likeness (QED) is 0.494. The Hall–Kier alpha value is -2.52. The van der Waals surface area contributed by atoms with Crippen molar-refractivity contribution in [3.63, 3.8) is 0 Å². The normalized spacial score (nSPS) is 10.5. The smallest absolute Gasteiger partial charge is 0.350 e. The van der Waals surface area contributed by atoms with Crippen molar-refractivity contribution in [1.29, 1.82) is 5.26 Å². The van der Waals surface area contributed by atoms with Gasteiger partial charge in [-0.15, -0.1) is 0 Å². The van der Waals surface area contributed by atoms with Crippen molar-refractivity contribution in [2.45, 2.75) is 6.92 Å². The van der Waals surface area contributed by atoms with E-state index in [9.17, 15) is 9.59 Å². The number of nitriles is 1. The first-order valence-corrected chi connectivity index (χ1v) is 6.44. The molecule has 0 aromatic heterocycles. The van der Waals surface area contributed by atoms with E-state index in [1.54, 1.807) is 31.2 Å². The lowest BCUT2D eigenvalue weighted by molar-refractivity contribution is -0.135. The van der Waals surface area contributed by atoms with E-state index in [4.69, 9.17) is 16.9 Å². The maximum Gasteiger partial charge on any atom is 0.350 e. The van der Waals surface area contributed by atoms with Crippen molar-refractivity contribution in [2.75, 3.05) is 19.0 Å². The molecule has 1 amide bonds. The zero-order chi connectivity index (χ0) is 15.8. The van der Waals surface area contributed by atoms with Gasteiger partial charge in [-0.2, -0.15) is 5.26 Å². The van der Waals surface area contributed by atoms with Crippen LogP contribution in [-0.4, -0.2) is 25.5 Å². The van der Waals surface area contributed by atoms with Crippen LogP contribution in [0.3, 0.4) is 0 Å². The lowest BCUT2D eigenvalue weighted by atomic mass is 10.2. The lowest BCUT2D eigenvalue weighted by Crippen LogP contribution is -2.23. The molecule has 0 unspecified atom stereocenters. The van der Waals surface area contributed by atoms with E-state index >= 15 is 0 Å². The van der Waals surface area contributed by atoms with Crippen LogP contribution in [0.25, 0.3) is 0 Å². The second kappa shape index (κ2) is 7.92. The van der Waals surface area contributed by atoms with Crippen molar-refractivity contribution in [2.24, 2.45) is 0 Å². The second-order valence-electron chi connectivity index (χ2n) is 3.83. The fraction of sp³-hybridized carbons (Fsp3) is 0.214. The molecule has 6 nitrogen and oxygen atoms in total. The number of anilines is 1. The van der Waals surface area contributed by atoms with Crippen LogP contribution >= 0.6 is 11.6 Å². The Bertz CT molecular complexity index is 620. The number of rotatable bonds is 5. The number of nitrogens with zero attached hydrogens (tertiary/aromatic N) is 1. The summed E-state index contributed by atoms with van der Waals surface area (Å²) >= 11 is 6.13. The highest BCUT2D eigenvalue weighted by molar-refractivity contribution is 6.36. The minimum atomic E-state index is -0.763. The maximum atomic E-state index is 11.8. The molecule has 0 spiro atoms. The number of hydrogen-bond donors (Lipinski definition) is 2. The summed E-state index contributed by atoms with van der Waals surface area (Å²) in [6, 6.07) is 6.53. The fourth-order valence-corrected chi connectivity index (χ4v) is 1.74. The molecule has 0 heterocycles. The molecule has 0 aliphatic heterocycles. The predicted molar refractivity (Wildman–Crippen MR) is 78.8 cm³/mol. The highest BCUT2D eigenvalue weighted by Crippen LogP contribution is 2.26. The van der Waals surface area contributed by atoms with E-state index in [0.29, 0.717) is 17.8 Å². The Morgan fingerprint density at radius 1 is 1.48 bits per heavy atom. The van der Waals surface area contributed by atoms with E-state index < -0.39 is 5.97 Å². The summed E-state index contributed by atoms with van der Waals surface area (Å²) in [7, 11) is 1.18. The summed E-state index contributed by atoms with van der Waals surface area (Å²) in [5.74, 6) is -1.07.